The Balaban J connectivity index is 2.26. The Morgan fingerprint density at radius 3 is 3.15 bits per heavy atom. The van der Waals surface area contributed by atoms with E-state index in [1.165, 1.54) is 0 Å². The van der Waals surface area contributed by atoms with Crippen LogP contribution in [-0.4, -0.2) is 24.1 Å². The van der Waals surface area contributed by atoms with Gasteiger partial charge in [-0.15, -0.1) is 0 Å². The Labute approximate surface area is 76.0 Å². The van der Waals surface area contributed by atoms with Crippen LogP contribution in [0.25, 0.3) is 0 Å². The fraction of sp³-hybridized carbons (Fsp3) is 0.300. The van der Waals surface area contributed by atoms with Crippen molar-refractivity contribution >= 4 is 6.29 Å². The van der Waals surface area contributed by atoms with Crippen LogP contribution < -0.4 is 0 Å². The summed E-state index contributed by atoms with van der Waals surface area (Å²) in [5.41, 5.74) is 0.705. The molecule has 1 N–H and O–H groups in total. The molecule has 0 fully saturated rings. The lowest BCUT2D eigenvalue weighted by Crippen LogP contribution is -2.19. The van der Waals surface area contributed by atoms with Gasteiger partial charge in [0.1, 0.15) is 24.8 Å². The van der Waals surface area contributed by atoms with Crippen LogP contribution in [0.3, 0.4) is 0 Å². The van der Waals surface area contributed by atoms with Crippen molar-refractivity contribution in [3.63, 3.8) is 0 Å². The predicted octanol–water partition coefficient (Wildman–Crippen LogP) is 0.573. The topological polar surface area (TPSA) is 46.5 Å². The van der Waals surface area contributed by atoms with Crippen molar-refractivity contribution in [1.29, 1.82) is 0 Å². The van der Waals surface area contributed by atoms with Crippen LogP contribution in [0.2, 0.25) is 0 Å². The number of fused-ring (bicyclic) bond motifs is 1. The van der Waals surface area contributed by atoms with E-state index in [0.717, 1.165) is 6.29 Å². The average Bonchev–Trinajstić information content (AvgIpc) is 2.59. The molecule has 0 saturated carbocycles. The van der Waals surface area contributed by atoms with E-state index in [0.29, 0.717) is 11.3 Å². The van der Waals surface area contributed by atoms with Crippen LogP contribution in [0.5, 0.6) is 0 Å². The number of carbonyl (C=O) groups excluding carboxylic acids is 1. The quantitative estimate of drug-likeness (QED) is 0.629. The monoisotopic (exact) mass is 178 g/mol. The number of aldehydes is 1. The van der Waals surface area contributed by atoms with Gasteiger partial charge < -0.3 is 9.84 Å². The third-order valence-corrected chi connectivity index (χ3v) is 2.27. The number of aliphatic hydroxyl groups excluding tert-OH is 1. The van der Waals surface area contributed by atoms with Crippen molar-refractivity contribution in [3.05, 3.63) is 35.6 Å². The smallest absolute Gasteiger partial charge is 0.146 e. The van der Waals surface area contributed by atoms with E-state index >= 15 is 0 Å². The zero-order valence-electron chi connectivity index (χ0n) is 7.01. The molecule has 2 unspecified atom stereocenters. The molecule has 3 nitrogen and oxygen atoms in total. The average molecular weight is 178 g/mol. The zero-order valence-corrected chi connectivity index (χ0v) is 7.01. The van der Waals surface area contributed by atoms with Crippen LogP contribution in [0, 0.1) is 5.92 Å². The van der Waals surface area contributed by atoms with Crippen molar-refractivity contribution in [1.82, 2.24) is 0 Å². The lowest BCUT2D eigenvalue weighted by Gasteiger charge is -2.18. The Hall–Kier alpha value is -1.35. The van der Waals surface area contributed by atoms with Gasteiger partial charge in [0.15, 0.2) is 0 Å². The van der Waals surface area contributed by atoms with Crippen molar-refractivity contribution in [2.24, 2.45) is 5.92 Å². The Kier molecular flexibility index (Phi) is 2.02. The molecule has 2 rings (SSSR count). The third kappa shape index (κ3) is 1.31. The van der Waals surface area contributed by atoms with Crippen LogP contribution in [-0.2, 0) is 9.53 Å². The summed E-state index contributed by atoms with van der Waals surface area (Å²) in [7, 11) is 0. The van der Waals surface area contributed by atoms with Gasteiger partial charge in [0.05, 0.1) is 0 Å². The third-order valence-electron chi connectivity index (χ3n) is 2.27. The van der Waals surface area contributed by atoms with Gasteiger partial charge in [0.25, 0.3) is 0 Å². The molecule has 68 valence electrons. The van der Waals surface area contributed by atoms with Crippen LogP contribution in [0.4, 0.5) is 0 Å². The first-order valence-electron chi connectivity index (χ1n) is 4.17. The lowest BCUT2D eigenvalue weighted by molar-refractivity contribution is -0.105. The van der Waals surface area contributed by atoms with E-state index in [1.54, 1.807) is 18.2 Å². The van der Waals surface area contributed by atoms with Crippen molar-refractivity contribution in [3.8, 4) is 0 Å². The Morgan fingerprint density at radius 2 is 2.46 bits per heavy atom. The molecule has 0 radical (unpaired) electrons. The highest BCUT2D eigenvalue weighted by molar-refractivity contribution is 5.76. The molecule has 0 aromatic heterocycles. The molecule has 0 amide bonds. The fourth-order valence-electron chi connectivity index (χ4n) is 1.62. The maximum atomic E-state index is 10.6. The molecule has 3 heteroatoms. The normalized spacial score (nSPS) is 30.2. The molecule has 2 atom stereocenters. The first-order chi connectivity index (χ1) is 6.35. The molecule has 0 bridgehead atoms. The maximum absolute atomic E-state index is 10.6. The summed E-state index contributed by atoms with van der Waals surface area (Å²) in [6, 6.07) is 0. The summed E-state index contributed by atoms with van der Waals surface area (Å²) < 4.78 is 5.37. The number of rotatable bonds is 2. The van der Waals surface area contributed by atoms with Crippen LogP contribution >= 0.6 is 0 Å². The lowest BCUT2D eigenvalue weighted by atomic mass is 9.91. The number of hydrogen-bond donors (Lipinski definition) is 1. The fourth-order valence-corrected chi connectivity index (χ4v) is 1.62. The van der Waals surface area contributed by atoms with Gasteiger partial charge in [0, 0.05) is 11.5 Å². The predicted molar refractivity (Wildman–Crippen MR) is 46.8 cm³/mol. The molecular weight excluding hydrogens is 168 g/mol. The van der Waals surface area contributed by atoms with E-state index in [2.05, 4.69) is 0 Å². The molecule has 0 spiro atoms. The van der Waals surface area contributed by atoms with Crippen molar-refractivity contribution in [2.45, 2.75) is 6.10 Å². The van der Waals surface area contributed by atoms with E-state index in [9.17, 15) is 4.79 Å². The van der Waals surface area contributed by atoms with Crippen molar-refractivity contribution < 1.29 is 14.6 Å². The summed E-state index contributed by atoms with van der Waals surface area (Å²) in [6.07, 6.45) is 7.99. The minimum absolute atomic E-state index is 0.00958. The molecule has 0 aromatic rings. The van der Waals surface area contributed by atoms with Gasteiger partial charge in [-0.25, -0.2) is 0 Å². The van der Waals surface area contributed by atoms with Gasteiger partial charge >= 0.3 is 0 Å². The van der Waals surface area contributed by atoms with Gasteiger partial charge in [0.2, 0.25) is 0 Å². The minimum atomic E-state index is -0.104. The van der Waals surface area contributed by atoms with Gasteiger partial charge in [-0.2, -0.15) is 0 Å². The highest BCUT2D eigenvalue weighted by atomic mass is 16.5. The van der Waals surface area contributed by atoms with E-state index in [1.807, 2.05) is 6.08 Å². The molecule has 1 aliphatic carbocycles. The molecule has 2 aliphatic rings. The Morgan fingerprint density at radius 1 is 1.62 bits per heavy atom. The van der Waals surface area contributed by atoms with E-state index < -0.39 is 0 Å². The standard InChI is InChI=1S/C10H10O3/c11-5-7-2-1-3-10-9(7)4-8(6-12)13-10/h1-5,9-10,12H,6H2. The molecule has 0 saturated heterocycles. The highest BCUT2D eigenvalue weighted by Crippen LogP contribution is 2.31. The number of hydrogen-bond acceptors (Lipinski definition) is 3. The number of carbonyl (C=O) groups is 1. The molecule has 0 aromatic carbocycles. The summed E-state index contributed by atoms with van der Waals surface area (Å²) in [5, 5.41) is 8.85. The van der Waals surface area contributed by atoms with E-state index in [-0.39, 0.29) is 18.6 Å². The second-order valence-electron chi connectivity index (χ2n) is 3.07. The second kappa shape index (κ2) is 3.18. The zero-order chi connectivity index (χ0) is 9.26. The maximum Gasteiger partial charge on any atom is 0.146 e. The second-order valence-corrected chi connectivity index (χ2v) is 3.07. The summed E-state index contributed by atoms with van der Waals surface area (Å²) in [6.45, 7) is -0.104. The first kappa shape index (κ1) is 8.26. The highest BCUT2D eigenvalue weighted by Gasteiger charge is 2.30. The summed E-state index contributed by atoms with van der Waals surface area (Å²) >= 11 is 0. The minimum Gasteiger partial charge on any atom is -0.488 e. The number of allylic oxidation sites excluding steroid dienone is 2. The summed E-state index contributed by atoms with van der Waals surface area (Å²) in [4.78, 5) is 10.6. The Bertz CT molecular complexity index is 312. The molecule has 1 aliphatic heterocycles. The molecule has 13 heavy (non-hydrogen) atoms. The number of ether oxygens (including phenoxy) is 1. The molecule has 1 heterocycles. The first-order valence-corrected chi connectivity index (χ1v) is 4.17. The van der Waals surface area contributed by atoms with E-state index in [4.69, 9.17) is 9.84 Å². The van der Waals surface area contributed by atoms with Gasteiger partial charge in [-0.1, -0.05) is 12.2 Å². The summed E-state index contributed by atoms with van der Waals surface area (Å²) in [5.74, 6) is 0.541. The number of aliphatic hydroxyl groups is 1. The van der Waals surface area contributed by atoms with Crippen LogP contribution in [0.1, 0.15) is 0 Å². The van der Waals surface area contributed by atoms with Gasteiger partial charge in [-0.3, -0.25) is 4.79 Å². The van der Waals surface area contributed by atoms with Crippen molar-refractivity contribution in [2.75, 3.05) is 6.61 Å². The SMILES string of the molecule is O=CC1=CC=CC2OC(CO)=CC12. The van der Waals surface area contributed by atoms with Crippen LogP contribution in [0.15, 0.2) is 35.6 Å². The largest absolute Gasteiger partial charge is 0.488 e. The molecular formula is C10H10O3. The van der Waals surface area contributed by atoms with Gasteiger partial charge in [-0.05, 0) is 12.2 Å².